The Morgan fingerprint density at radius 2 is 2.29 bits per heavy atom. The molecule has 6 heteroatoms. The number of amides is 2. The van der Waals surface area contributed by atoms with Crippen LogP contribution in [-0.2, 0) is 6.42 Å². The molecule has 2 amide bonds. The number of rotatable bonds is 2. The van der Waals surface area contributed by atoms with Crippen LogP contribution in [0.15, 0.2) is 30.7 Å². The van der Waals surface area contributed by atoms with Crippen LogP contribution in [0.1, 0.15) is 12.0 Å². The number of anilines is 1. The number of methoxy groups -OCH3 is 1. The van der Waals surface area contributed by atoms with Gasteiger partial charge in [-0.15, -0.1) is 0 Å². The molecule has 21 heavy (non-hydrogen) atoms. The zero-order chi connectivity index (χ0) is 14.8. The lowest BCUT2D eigenvalue weighted by Crippen LogP contribution is -2.40. The van der Waals surface area contributed by atoms with E-state index in [4.69, 9.17) is 10.5 Å². The first-order chi connectivity index (χ1) is 10.2. The van der Waals surface area contributed by atoms with Crippen LogP contribution in [0.2, 0.25) is 0 Å². The molecular formula is C15H16N4O2. The van der Waals surface area contributed by atoms with E-state index in [1.54, 1.807) is 25.7 Å². The van der Waals surface area contributed by atoms with E-state index in [-0.39, 0.29) is 0 Å². The number of hydrogen-bond acceptors (Lipinski definition) is 4. The molecule has 0 radical (unpaired) electrons. The third kappa shape index (κ3) is 2.40. The number of fused-ring (bicyclic) bond motifs is 1. The number of pyridine rings is 2. The van der Waals surface area contributed by atoms with Crippen LogP contribution in [0.3, 0.4) is 0 Å². The van der Waals surface area contributed by atoms with E-state index in [0.717, 1.165) is 35.3 Å². The molecule has 0 unspecified atom stereocenters. The predicted molar refractivity (Wildman–Crippen MR) is 79.3 cm³/mol. The normalized spacial score (nSPS) is 13.7. The number of carbonyl (C=O) groups is 1. The fraction of sp³-hybridized carbons (Fsp3) is 0.267. The van der Waals surface area contributed by atoms with Gasteiger partial charge in [-0.05, 0) is 30.5 Å². The van der Waals surface area contributed by atoms with Crippen LogP contribution in [0.4, 0.5) is 10.6 Å². The highest BCUT2D eigenvalue weighted by Crippen LogP contribution is 2.33. The Bertz CT molecular complexity index is 687. The number of carbonyl (C=O) groups excluding carboxylic acids is 1. The maximum absolute atomic E-state index is 11.5. The van der Waals surface area contributed by atoms with Crippen molar-refractivity contribution in [2.45, 2.75) is 12.8 Å². The van der Waals surface area contributed by atoms with Crippen LogP contribution in [-0.4, -0.2) is 29.7 Å². The van der Waals surface area contributed by atoms with Crippen molar-refractivity contribution < 1.29 is 9.53 Å². The van der Waals surface area contributed by atoms with Crippen molar-refractivity contribution >= 4 is 11.8 Å². The van der Waals surface area contributed by atoms with Gasteiger partial charge in [0.25, 0.3) is 0 Å². The summed E-state index contributed by atoms with van der Waals surface area (Å²) in [5, 5.41) is 0. The minimum absolute atomic E-state index is 0.463. The highest BCUT2D eigenvalue weighted by atomic mass is 16.5. The smallest absolute Gasteiger partial charge is 0.320 e. The molecule has 0 saturated carbocycles. The van der Waals surface area contributed by atoms with Gasteiger partial charge in [0.15, 0.2) is 0 Å². The molecule has 1 aliphatic heterocycles. The molecule has 2 aromatic rings. The Labute approximate surface area is 122 Å². The number of nitrogens with zero attached hydrogens (tertiary/aromatic N) is 3. The Morgan fingerprint density at radius 3 is 3.05 bits per heavy atom. The molecule has 3 heterocycles. The first-order valence-corrected chi connectivity index (χ1v) is 6.75. The molecule has 0 aliphatic carbocycles. The molecule has 0 bridgehead atoms. The zero-order valence-corrected chi connectivity index (χ0v) is 11.7. The molecule has 6 nitrogen and oxygen atoms in total. The number of aromatic nitrogens is 2. The second-order valence-corrected chi connectivity index (χ2v) is 4.88. The largest absolute Gasteiger partial charge is 0.496 e. The molecule has 3 rings (SSSR count). The molecule has 0 saturated heterocycles. The summed E-state index contributed by atoms with van der Waals surface area (Å²) in [6, 6.07) is 3.37. The summed E-state index contributed by atoms with van der Waals surface area (Å²) in [5.41, 5.74) is 8.21. The van der Waals surface area contributed by atoms with Gasteiger partial charge in [0.05, 0.1) is 7.11 Å². The van der Waals surface area contributed by atoms with E-state index < -0.39 is 6.03 Å². The summed E-state index contributed by atoms with van der Waals surface area (Å²) in [6.07, 6.45) is 6.91. The van der Waals surface area contributed by atoms with Gasteiger partial charge in [-0.3, -0.25) is 9.88 Å². The molecule has 108 valence electrons. The minimum atomic E-state index is -0.463. The summed E-state index contributed by atoms with van der Waals surface area (Å²) in [7, 11) is 1.62. The quantitative estimate of drug-likeness (QED) is 0.914. The molecule has 0 spiro atoms. The third-order valence-corrected chi connectivity index (χ3v) is 3.60. The van der Waals surface area contributed by atoms with E-state index >= 15 is 0 Å². The van der Waals surface area contributed by atoms with Gasteiger partial charge < -0.3 is 10.5 Å². The third-order valence-electron chi connectivity index (χ3n) is 3.60. The van der Waals surface area contributed by atoms with Crippen LogP contribution < -0.4 is 15.4 Å². The Kier molecular flexibility index (Phi) is 3.43. The van der Waals surface area contributed by atoms with E-state index in [0.29, 0.717) is 12.4 Å². The van der Waals surface area contributed by atoms with Crippen molar-refractivity contribution in [3.63, 3.8) is 0 Å². The molecule has 2 N–H and O–H groups in total. The molecule has 0 aromatic carbocycles. The molecule has 0 fully saturated rings. The fourth-order valence-electron chi connectivity index (χ4n) is 2.60. The van der Waals surface area contributed by atoms with Gasteiger partial charge in [-0.2, -0.15) is 0 Å². The Balaban J connectivity index is 2.05. The number of hydrogen-bond donors (Lipinski definition) is 1. The average Bonchev–Trinajstić information content (AvgIpc) is 2.53. The SMILES string of the molecule is COc1ccncc1-c1cnc2c(c1)CCCN2C(N)=O. The van der Waals surface area contributed by atoms with Crippen molar-refractivity contribution in [3.8, 4) is 16.9 Å². The van der Waals surface area contributed by atoms with Gasteiger partial charge in [0.2, 0.25) is 0 Å². The zero-order valence-electron chi connectivity index (χ0n) is 11.7. The van der Waals surface area contributed by atoms with Crippen LogP contribution in [0.25, 0.3) is 11.1 Å². The van der Waals surface area contributed by atoms with Crippen molar-refractivity contribution in [2.75, 3.05) is 18.6 Å². The van der Waals surface area contributed by atoms with Crippen molar-refractivity contribution in [3.05, 3.63) is 36.3 Å². The standard InChI is InChI=1S/C15H16N4O2/c1-21-13-4-5-17-9-12(13)11-7-10-3-2-6-19(15(16)20)14(10)18-8-11/h4-5,7-9H,2-3,6H2,1H3,(H2,16,20). The lowest BCUT2D eigenvalue weighted by molar-refractivity contribution is 0.253. The first-order valence-electron chi connectivity index (χ1n) is 6.75. The predicted octanol–water partition coefficient (Wildman–Crippen LogP) is 1.98. The number of aryl methyl sites for hydroxylation is 1. The lowest BCUT2D eigenvalue weighted by Gasteiger charge is -2.27. The van der Waals surface area contributed by atoms with E-state index in [2.05, 4.69) is 9.97 Å². The summed E-state index contributed by atoms with van der Waals surface area (Å²) in [5.74, 6) is 1.40. The van der Waals surface area contributed by atoms with Gasteiger partial charge in [-0.1, -0.05) is 0 Å². The summed E-state index contributed by atoms with van der Waals surface area (Å²) < 4.78 is 5.35. The number of primary amides is 1. The second kappa shape index (κ2) is 5.40. The van der Waals surface area contributed by atoms with Crippen molar-refractivity contribution in [1.29, 1.82) is 0 Å². The highest BCUT2D eigenvalue weighted by Gasteiger charge is 2.22. The van der Waals surface area contributed by atoms with Crippen LogP contribution in [0.5, 0.6) is 5.75 Å². The summed E-state index contributed by atoms with van der Waals surface area (Å²) >= 11 is 0. The first kappa shape index (κ1) is 13.4. The van der Waals surface area contributed by atoms with Crippen LogP contribution in [0, 0.1) is 0 Å². The second-order valence-electron chi connectivity index (χ2n) is 4.88. The Morgan fingerprint density at radius 1 is 1.43 bits per heavy atom. The Hall–Kier alpha value is -2.63. The average molecular weight is 284 g/mol. The van der Waals surface area contributed by atoms with Gasteiger partial charge >= 0.3 is 6.03 Å². The molecule has 2 aromatic heterocycles. The number of urea groups is 1. The maximum atomic E-state index is 11.5. The summed E-state index contributed by atoms with van der Waals surface area (Å²) in [6.45, 7) is 0.616. The molecule has 1 aliphatic rings. The van der Waals surface area contributed by atoms with Gasteiger partial charge in [0.1, 0.15) is 11.6 Å². The van der Waals surface area contributed by atoms with Gasteiger partial charge in [-0.25, -0.2) is 9.78 Å². The number of nitrogens with two attached hydrogens (primary N) is 1. The molecular weight excluding hydrogens is 268 g/mol. The lowest BCUT2D eigenvalue weighted by atomic mass is 10.0. The molecule has 0 atom stereocenters. The van der Waals surface area contributed by atoms with Gasteiger partial charge in [0, 0.05) is 36.3 Å². The summed E-state index contributed by atoms with van der Waals surface area (Å²) in [4.78, 5) is 21.5. The van der Waals surface area contributed by atoms with E-state index in [1.165, 1.54) is 4.90 Å². The fourth-order valence-corrected chi connectivity index (χ4v) is 2.60. The highest BCUT2D eigenvalue weighted by molar-refractivity contribution is 5.91. The number of ether oxygens (including phenoxy) is 1. The van der Waals surface area contributed by atoms with E-state index in [1.807, 2.05) is 12.1 Å². The topological polar surface area (TPSA) is 81.3 Å². The monoisotopic (exact) mass is 284 g/mol. The minimum Gasteiger partial charge on any atom is -0.496 e. The van der Waals surface area contributed by atoms with E-state index in [9.17, 15) is 4.79 Å². The van der Waals surface area contributed by atoms with Crippen molar-refractivity contribution in [1.82, 2.24) is 9.97 Å². The maximum Gasteiger partial charge on any atom is 0.320 e. The van der Waals surface area contributed by atoms with Crippen LogP contribution >= 0.6 is 0 Å². The van der Waals surface area contributed by atoms with Crippen molar-refractivity contribution in [2.24, 2.45) is 5.73 Å².